The van der Waals surface area contributed by atoms with Gasteiger partial charge in [-0.15, -0.1) is 0 Å². The molecule has 1 N–H and O–H groups in total. The molecule has 1 aliphatic carbocycles. The molecule has 5 heteroatoms. The van der Waals surface area contributed by atoms with Crippen molar-refractivity contribution in [3.05, 3.63) is 41.8 Å². The maximum Gasteiger partial charge on any atom is 0.226 e. The predicted octanol–water partition coefficient (Wildman–Crippen LogP) is 3.49. The number of hydrogen-bond acceptors (Lipinski definition) is 4. The molecule has 0 aromatic carbocycles. The van der Waals surface area contributed by atoms with Gasteiger partial charge < -0.3 is 9.73 Å². The van der Waals surface area contributed by atoms with Gasteiger partial charge in [-0.05, 0) is 43.4 Å². The predicted molar refractivity (Wildman–Crippen MR) is 75.2 cm³/mol. The zero-order chi connectivity index (χ0) is 13.4. The van der Waals surface area contributed by atoms with Gasteiger partial charge >= 0.3 is 0 Å². The molecule has 104 valence electrons. The lowest BCUT2D eigenvalue weighted by molar-refractivity contribution is 0.418. The highest BCUT2D eigenvalue weighted by atomic mass is 16.3. The van der Waals surface area contributed by atoms with Crippen molar-refractivity contribution in [3.8, 4) is 0 Å². The van der Waals surface area contributed by atoms with Crippen molar-refractivity contribution in [1.82, 2.24) is 14.8 Å². The molecule has 0 bridgehead atoms. The molecule has 1 aliphatic heterocycles. The summed E-state index contributed by atoms with van der Waals surface area (Å²) in [6.07, 6.45) is 10.6. The molecular weight excluding hydrogens is 252 g/mol. The molecule has 0 fully saturated rings. The van der Waals surface area contributed by atoms with Crippen LogP contribution in [0.25, 0.3) is 0 Å². The first-order valence-corrected chi connectivity index (χ1v) is 7.35. The lowest BCUT2D eigenvalue weighted by Gasteiger charge is -2.30. The third-order valence-corrected chi connectivity index (χ3v) is 4.23. The maximum absolute atomic E-state index is 5.67. The maximum atomic E-state index is 5.67. The third-order valence-electron chi connectivity index (χ3n) is 4.23. The van der Waals surface area contributed by atoms with Gasteiger partial charge in [0.2, 0.25) is 5.95 Å². The Balaban J connectivity index is 1.83. The second-order valence-electron chi connectivity index (χ2n) is 5.49. The van der Waals surface area contributed by atoms with Gasteiger partial charge in [-0.25, -0.2) is 4.68 Å². The summed E-state index contributed by atoms with van der Waals surface area (Å²) in [6, 6.07) is 4.04. The Kier molecular flexibility index (Phi) is 2.83. The van der Waals surface area contributed by atoms with Crippen LogP contribution in [0.3, 0.4) is 0 Å². The van der Waals surface area contributed by atoms with Gasteiger partial charge in [0, 0.05) is 5.70 Å². The van der Waals surface area contributed by atoms with Crippen molar-refractivity contribution in [2.75, 3.05) is 5.32 Å². The Labute approximate surface area is 117 Å². The fourth-order valence-electron chi connectivity index (χ4n) is 3.28. The molecule has 2 aromatic rings. The number of anilines is 1. The minimum absolute atomic E-state index is 0.0665. The molecule has 4 rings (SSSR count). The van der Waals surface area contributed by atoms with Crippen molar-refractivity contribution < 1.29 is 4.42 Å². The lowest BCUT2D eigenvalue weighted by atomic mass is 9.90. The SMILES string of the molecule is c1coc(C2C3=C(CCCCCC3)Nc3ncnn32)c1. The number of aromatic nitrogens is 3. The number of allylic oxidation sites excluding steroid dienone is 2. The van der Waals surface area contributed by atoms with E-state index in [-0.39, 0.29) is 6.04 Å². The fraction of sp³-hybridized carbons (Fsp3) is 0.467. The van der Waals surface area contributed by atoms with E-state index in [4.69, 9.17) is 4.42 Å². The monoisotopic (exact) mass is 270 g/mol. The summed E-state index contributed by atoms with van der Waals surface area (Å²) >= 11 is 0. The number of nitrogens with zero attached hydrogens (tertiary/aromatic N) is 3. The summed E-state index contributed by atoms with van der Waals surface area (Å²) in [6.45, 7) is 0. The summed E-state index contributed by atoms with van der Waals surface area (Å²) in [5.41, 5.74) is 2.74. The van der Waals surface area contributed by atoms with Crippen molar-refractivity contribution in [1.29, 1.82) is 0 Å². The van der Waals surface area contributed by atoms with Crippen LogP contribution < -0.4 is 5.32 Å². The van der Waals surface area contributed by atoms with Gasteiger partial charge in [0.05, 0.1) is 6.26 Å². The molecule has 0 saturated heterocycles. The number of hydrogen-bond donors (Lipinski definition) is 1. The molecule has 2 aliphatic rings. The molecule has 1 unspecified atom stereocenters. The summed E-state index contributed by atoms with van der Waals surface area (Å²) in [7, 11) is 0. The highest BCUT2D eigenvalue weighted by Gasteiger charge is 2.31. The summed E-state index contributed by atoms with van der Waals surface area (Å²) in [4.78, 5) is 4.33. The van der Waals surface area contributed by atoms with Crippen LogP contribution in [0, 0.1) is 0 Å². The van der Waals surface area contributed by atoms with E-state index in [1.54, 1.807) is 12.6 Å². The van der Waals surface area contributed by atoms with Crippen LogP contribution >= 0.6 is 0 Å². The van der Waals surface area contributed by atoms with Crippen molar-refractivity contribution >= 4 is 5.95 Å². The van der Waals surface area contributed by atoms with E-state index < -0.39 is 0 Å². The zero-order valence-electron chi connectivity index (χ0n) is 11.4. The normalized spacial score (nSPS) is 22.5. The Bertz CT molecular complexity index is 626. The number of nitrogens with one attached hydrogen (secondary N) is 1. The van der Waals surface area contributed by atoms with Gasteiger partial charge in [0.1, 0.15) is 18.1 Å². The highest BCUT2D eigenvalue weighted by Crippen LogP contribution is 2.39. The average molecular weight is 270 g/mol. The molecule has 0 spiro atoms. The Hall–Kier alpha value is -2.04. The summed E-state index contributed by atoms with van der Waals surface area (Å²) < 4.78 is 7.61. The zero-order valence-corrected chi connectivity index (χ0v) is 11.4. The van der Waals surface area contributed by atoms with Gasteiger partial charge in [-0.3, -0.25) is 0 Å². The van der Waals surface area contributed by atoms with E-state index in [0.717, 1.165) is 24.6 Å². The molecule has 0 amide bonds. The van der Waals surface area contributed by atoms with E-state index in [0.29, 0.717) is 0 Å². The Morgan fingerprint density at radius 2 is 2.10 bits per heavy atom. The average Bonchev–Trinajstić information content (AvgIpc) is 3.08. The van der Waals surface area contributed by atoms with Crippen LogP contribution in [0.2, 0.25) is 0 Å². The van der Waals surface area contributed by atoms with Gasteiger partial charge in [0.15, 0.2) is 0 Å². The van der Waals surface area contributed by atoms with Crippen molar-refractivity contribution in [2.45, 2.75) is 44.6 Å². The van der Waals surface area contributed by atoms with E-state index in [2.05, 4.69) is 15.4 Å². The Morgan fingerprint density at radius 1 is 1.20 bits per heavy atom. The van der Waals surface area contributed by atoms with Crippen LogP contribution in [0.15, 0.2) is 40.4 Å². The van der Waals surface area contributed by atoms with Crippen molar-refractivity contribution in [2.24, 2.45) is 0 Å². The first-order valence-electron chi connectivity index (χ1n) is 7.35. The third kappa shape index (κ3) is 1.85. The topological polar surface area (TPSA) is 55.9 Å². The van der Waals surface area contributed by atoms with E-state index in [1.165, 1.54) is 37.0 Å². The van der Waals surface area contributed by atoms with Gasteiger partial charge in [0.25, 0.3) is 0 Å². The van der Waals surface area contributed by atoms with Crippen LogP contribution in [0.5, 0.6) is 0 Å². The first-order chi connectivity index (χ1) is 9.93. The van der Waals surface area contributed by atoms with Crippen LogP contribution in [-0.4, -0.2) is 14.8 Å². The first kappa shape index (κ1) is 11.8. The highest BCUT2D eigenvalue weighted by molar-refractivity contribution is 5.46. The van der Waals surface area contributed by atoms with Crippen LogP contribution in [0.1, 0.15) is 50.3 Å². The lowest BCUT2D eigenvalue weighted by Crippen LogP contribution is -2.26. The molecule has 3 heterocycles. The van der Waals surface area contributed by atoms with Gasteiger partial charge in [-0.1, -0.05) is 12.8 Å². The molecule has 2 aromatic heterocycles. The summed E-state index contributed by atoms with van der Waals surface area (Å²) in [5, 5.41) is 7.85. The standard InChI is InChI=1S/C15H18N4O/c1-2-4-7-12-11(6-3-1)14(13-8-5-9-20-13)19-15(18-12)16-10-17-19/h5,8-10,14H,1-4,6-7H2,(H,16,17,18). The number of rotatable bonds is 1. The van der Waals surface area contributed by atoms with Crippen LogP contribution in [-0.2, 0) is 0 Å². The molecule has 0 radical (unpaired) electrons. The van der Waals surface area contributed by atoms with E-state index in [9.17, 15) is 0 Å². The Morgan fingerprint density at radius 3 is 2.95 bits per heavy atom. The second kappa shape index (κ2) is 4.81. The molecule has 1 atom stereocenters. The van der Waals surface area contributed by atoms with Gasteiger partial charge in [-0.2, -0.15) is 10.1 Å². The smallest absolute Gasteiger partial charge is 0.226 e. The van der Waals surface area contributed by atoms with Crippen LogP contribution in [0.4, 0.5) is 5.95 Å². The second-order valence-corrected chi connectivity index (χ2v) is 5.49. The minimum Gasteiger partial charge on any atom is -0.467 e. The number of furan rings is 1. The van der Waals surface area contributed by atoms with Crippen molar-refractivity contribution in [3.63, 3.8) is 0 Å². The largest absolute Gasteiger partial charge is 0.467 e. The molecular formula is C15H18N4O. The van der Waals surface area contributed by atoms with E-state index >= 15 is 0 Å². The summed E-state index contributed by atoms with van der Waals surface area (Å²) in [5.74, 6) is 1.78. The number of fused-ring (bicyclic) bond motifs is 1. The fourth-order valence-corrected chi connectivity index (χ4v) is 3.28. The molecule has 5 nitrogen and oxygen atoms in total. The quantitative estimate of drug-likeness (QED) is 0.861. The molecule has 20 heavy (non-hydrogen) atoms. The molecule has 0 saturated carbocycles. The van der Waals surface area contributed by atoms with E-state index in [1.807, 2.05) is 16.8 Å². The minimum atomic E-state index is 0.0665.